The van der Waals surface area contributed by atoms with Crippen LogP contribution >= 0.6 is 0 Å². The van der Waals surface area contributed by atoms with Crippen molar-refractivity contribution in [3.63, 3.8) is 0 Å². The lowest BCUT2D eigenvalue weighted by Crippen LogP contribution is -1.93. The van der Waals surface area contributed by atoms with E-state index in [-0.39, 0.29) is 5.82 Å². The number of aromatic nitrogens is 3. The van der Waals surface area contributed by atoms with Crippen molar-refractivity contribution >= 4 is 0 Å². The highest BCUT2D eigenvalue weighted by Crippen LogP contribution is 2.33. The number of rotatable bonds is 5. The van der Waals surface area contributed by atoms with E-state index < -0.39 is 0 Å². The Hall–Kier alpha value is -3.27. The summed E-state index contributed by atoms with van der Waals surface area (Å²) in [6.07, 6.45) is 4.57. The zero-order valence-corrected chi connectivity index (χ0v) is 16.0. The van der Waals surface area contributed by atoms with E-state index in [9.17, 15) is 4.39 Å². The number of nitrogens with one attached hydrogen (secondary N) is 1. The van der Waals surface area contributed by atoms with Gasteiger partial charge in [-0.15, -0.1) is 0 Å². The van der Waals surface area contributed by atoms with Gasteiger partial charge in [-0.3, -0.25) is 4.98 Å². The van der Waals surface area contributed by atoms with Gasteiger partial charge in [-0.2, -0.15) is 0 Å². The van der Waals surface area contributed by atoms with Crippen LogP contribution < -0.4 is 0 Å². The van der Waals surface area contributed by atoms with E-state index in [2.05, 4.69) is 48.1 Å². The summed E-state index contributed by atoms with van der Waals surface area (Å²) in [5.41, 5.74) is 5.90. The lowest BCUT2D eigenvalue weighted by Gasteiger charge is -2.05. The van der Waals surface area contributed by atoms with Crippen LogP contribution in [0.25, 0.3) is 33.9 Å². The molecule has 1 N–H and O–H groups in total. The molecule has 4 aromatic rings. The Kier molecular flexibility index (Phi) is 5.02. The van der Waals surface area contributed by atoms with Gasteiger partial charge in [0.15, 0.2) is 0 Å². The predicted molar refractivity (Wildman–Crippen MR) is 111 cm³/mol. The first-order chi connectivity index (χ1) is 13.6. The minimum Gasteiger partial charge on any atom is -0.337 e. The first-order valence-corrected chi connectivity index (χ1v) is 9.46. The monoisotopic (exact) mass is 371 g/mol. The van der Waals surface area contributed by atoms with Crippen LogP contribution in [0.3, 0.4) is 0 Å². The molecule has 0 saturated carbocycles. The van der Waals surface area contributed by atoms with Crippen molar-refractivity contribution in [3.8, 4) is 33.9 Å². The van der Waals surface area contributed by atoms with Crippen molar-refractivity contribution in [2.45, 2.75) is 20.3 Å². The fourth-order valence-electron chi connectivity index (χ4n) is 3.32. The number of aromatic amines is 1. The SMILES string of the molecule is CC(C)Cc1ccc(-c2nc(-c3ccc(F)cc3)c(-c3ccncc3)[nH]2)cc1. The minimum atomic E-state index is -0.259. The molecule has 4 heteroatoms. The van der Waals surface area contributed by atoms with Crippen molar-refractivity contribution in [3.05, 3.63) is 84.4 Å². The van der Waals surface area contributed by atoms with Gasteiger partial charge in [0.1, 0.15) is 11.6 Å². The van der Waals surface area contributed by atoms with Crippen LogP contribution in [0.2, 0.25) is 0 Å². The van der Waals surface area contributed by atoms with Crippen LogP contribution in [0.5, 0.6) is 0 Å². The molecule has 2 aromatic carbocycles. The zero-order chi connectivity index (χ0) is 19.5. The number of nitrogens with zero attached hydrogens (tertiary/aromatic N) is 2. The number of imidazole rings is 1. The van der Waals surface area contributed by atoms with Crippen molar-refractivity contribution < 1.29 is 4.39 Å². The Balaban J connectivity index is 1.78. The van der Waals surface area contributed by atoms with Crippen LogP contribution in [-0.2, 0) is 6.42 Å². The number of hydrogen-bond acceptors (Lipinski definition) is 2. The van der Waals surface area contributed by atoms with Crippen molar-refractivity contribution in [2.75, 3.05) is 0 Å². The highest BCUT2D eigenvalue weighted by Gasteiger charge is 2.15. The van der Waals surface area contributed by atoms with Crippen molar-refractivity contribution in [1.29, 1.82) is 0 Å². The number of pyridine rings is 1. The first-order valence-electron chi connectivity index (χ1n) is 9.46. The molecule has 0 amide bonds. The van der Waals surface area contributed by atoms with E-state index in [1.54, 1.807) is 24.5 Å². The predicted octanol–water partition coefficient (Wildman–Crippen LogP) is 6.14. The molecule has 0 fully saturated rings. The van der Waals surface area contributed by atoms with E-state index >= 15 is 0 Å². The normalized spacial score (nSPS) is 11.1. The second-order valence-electron chi connectivity index (χ2n) is 7.35. The molecule has 0 aliphatic rings. The fraction of sp³-hybridized carbons (Fsp3) is 0.167. The summed E-state index contributed by atoms with van der Waals surface area (Å²) < 4.78 is 13.4. The second kappa shape index (κ2) is 7.77. The molecular formula is C24H22FN3. The topological polar surface area (TPSA) is 41.6 Å². The fourth-order valence-corrected chi connectivity index (χ4v) is 3.32. The van der Waals surface area contributed by atoms with E-state index in [1.165, 1.54) is 17.7 Å². The maximum atomic E-state index is 13.4. The second-order valence-corrected chi connectivity index (χ2v) is 7.35. The molecule has 3 nitrogen and oxygen atoms in total. The van der Waals surface area contributed by atoms with Gasteiger partial charge in [0, 0.05) is 29.1 Å². The highest BCUT2D eigenvalue weighted by atomic mass is 19.1. The molecule has 0 radical (unpaired) electrons. The third-order valence-corrected chi connectivity index (χ3v) is 4.66. The third kappa shape index (κ3) is 3.86. The van der Waals surface area contributed by atoms with Crippen LogP contribution in [-0.4, -0.2) is 15.0 Å². The standard InChI is InChI=1S/C24H22FN3/c1-16(2)15-17-3-5-20(6-4-17)24-27-22(18-7-9-21(25)10-8-18)23(28-24)19-11-13-26-14-12-19/h3-14,16H,15H2,1-2H3,(H,27,28). The largest absolute Gasteiger partial charge is 0.337 e. The molecule has 0 aliphatic heterocycles. The quantitative estimate of drug-likeness (QED) is 0.457. The van der Waals surface area contributed by atoms with Gasteiger partial charge < -0.3 is 4.98 Å². The number of H-pyrrole nitrogens is 1. The average molecular weight is 371 g/mol. The van der Waals surface area contributed by atoms with Gasteiger partial charge in [0.25, 0.3) is 0 Å². The lowest BCUT2D eigenvalue weighted by molar-refractivity contribution is 0.628. The number of hydrogen-bond donors (Lipinski definition) is 1. The summed E-state index contributed by atoms with van der Waals surface area (Å²) in [5, 5.41) is 0. The molecule has 0 bridgehead atoms. The molecule has 0 unspecified atom stereocenters. The molecule has 140 valence electrons. The molecule has 28 heavy (non-hydrogen) atoms. The Labute approximate surface area is 164 Å². The van der Waals surface area contributed by atoms with Gasteiger partial charge in [-0.25, -0.2) is 9.37 Å². The van der Waals surface area contributed by atoms with Gasteiger partial charge >= 0.3 is 0 Å². The van der Waals surface area contributed by atoms with E-state index in [0.717, 1.165) is 40.3 Å². The molecule has 0 saturated heterocycles. The molecule has 0 spiro atoms. The van der Waals surface area contributed by atoms with E-state index in [4.69, 9.17) is 4.98 Å². The summed E-state index contributed by atoms with van der Waals surface area (Å²) in [6, 6.07) is 18.8. The Morgan fingerprint density at radius 3 is 2.11 bits per heavy atom. The minimum absolute atomic E-state index is 0.259. The smallest absolute Gasteiger partial charge is 0.138 e. The summed E-state index contributed by atoms with van der Waals surface area (Å²) in [4.78, 5) is 12.4. The summed E-state index contributed by atoms with van der Waals surface area (Å²) in [5.74, 6) is 1.16. The molecule has 2 heterocycles. The van der Waals surface area contributed by atoms with Gasteiger partial charge in [0.2, 0.25) is 0 Å². The summed E-state index contributed by atoms with van der Waals surface area (Å²) >= 11 is 0. The number of halogens is 1. The number of benzene rings is 2. The molecular weight excluding hydrogens is 349 g/mol. The maximum Gasteiger partial charge on any atom is 0.138 e. The van der Waals surface area contributed by atoms with Crippen LogP contribution in [0, 0.1) is 11.7 Å². The van der Waals surface area contributed by atoms with E-state index in [1.807, 2.05) is 12.1 Å². The molecule has 0 atom stereocenters. The average Bonchev–Trinajstić information content (AvgIpc) is 3.15. The Morgan fingerprint density at radius 1 is 0.821 bits per heavy atom. The van der Waals surface area contributed by atoms with Crippen LogP contribution in [0.15, 0.2) is 73.1 Å². The third-order valence-electron chi connectivity index (χ3n) is 4.66. The van der Waals surface area contributed by atoms with Crippen molar-refractivity contribution in [2.24, 2.45) is 5.92 Å². The van der Waals surface area contributed by atoms with E-state index in [0.29, 0.717) is 5.92 Å². The Bertz CT molecular complexity index is 1050. The Morgan fingerprint density at radius 2 is 1.46 bits per heavy atom. The maximum absolute atomic E-state index is 13.4. The lowest BCUT2D eigenvalue weighted by atomic mass is 10.0. The van der Waals surface area contributed by atoms with Crippen LogP contribution in [0.1, 0.15) is 19.4 Å². The molecule has 4 rings (SSSR count). The molecule has 0 aliphatic carbocycles. The highest BCUT2D eigenvalue weighted by molar-refractivity contribution is 5.81. The zero-order valence-electron chi connectivity index (χ0n) is 16.0. The molecule has 2 aromatic heterocycles. The summed E-state index contributed by atoms with van der Waals surface area (Å²) in [7, 11) is 0. The summed E-state index contributed by atoms with van der Waals surface area (Å²) in [6.45, 7) is 4.44. The first kappa shape index (κ1) is 18.1. The van der Waals surface area contributed by atoms with Gasteiger partial charge in [-0.05, 0) is 54.3 Å². The van der Waals surface area contributed by atoms with Gasteiger partial charge in [0.05, 0.1) is 11.4 Å². The van der Waals surface area contributed by atoms with Gasteiger partial charge in [-0.1, -0.05) is 38.1 Å². The van der Waals surface area contributed by atoms with Crippen molar-refractivity contribution in [1.82, 2.24) is 15.0 Å². The van der Waals surface area contributed by atoms with Crippen LogP contribution in [0.4, 0.5) is 4.39 Å².